The second-order valence-corrected chi connectivity index (χ2v) is 5.96. The van der Waals surface area contributed by atoms with Gasteiger partial charge in [-0.2, -0.15) is 0 Å². The molecule has 0 unspecified atom stereocenters. The zero-order chi connectivity index (χ0) is 16.7. The molecule has 1 aliphatic carbocycles. The van der Waals surface area contributed by atoms with Gasteiger partial charge < -0.3 is 14.3 Å². The van der Waals surface area contributed by atoms with Crippen molar-refractivity contribution in [1.82, 2.24) is 9.88 Å². The van der Waals surface area contributed by atoms with E-state index in [1.807, 2.05) is 10.6 Å². The summed E-state index contributed by atoms with van der Waals surface area (Å²) in [4.78, 5) is 23.0. The Morgan fingerprint density at radius 2 is 2.17 bits per heavy atom. The van der Waals surface area contributed by atoms with Gasteiger partial charge >= 0.3 is 0 Å². The van der Waals surface area contributed by atoms with Crippen LogP contribution < -0.4 is 5.32 Å². The average molecular weight is 325 g/mol. The Morgan fingerprint density at radius 1 is 1.33 bits per heavy atom. The van der Waals surface area contributed by atoms with Gasteiger partial charge in [0.05, 0.1) is 16.7 Å². The summed E-state index contributed by atoms with van der Waals surface area (Å²) in [6, 6.07) is 10.2. The minimum absolute atomic E-state index is 0.0343. The maximum atomic E-state index is 12.5. The van der Waals surface area contributed by atoms with E-state index in [1.165, 1.54) is 12.1 Å². The highest BCUT2D eigenvalue weighted by Crippen LogP contribution is 2.25. The van der Waals surface area contributed by atoms with Crippen molar-refractivity contribution in [3.05, 3.63) is 64.0 Å². The molecule has 7 heteroatoms. The highest BCUT2D eigenvalue weighted by Gasteiger charge is 2.26. The Hall–Kier alpha value is -3.09. The summed E-state index contributed by atoms with van der Waals surface area (Å²) in [7, 11) is 0. The number of nitrogens with one attached hydrogen (secondary N) is 1. The molecule has 0 bridgehead atoms. The number of nitro benzene ring substituents is 1. The van der Waals surface area contributed by atoms with Crippen LogP contribution in [-0.2, 0) is 6.54 Å². The Balaban J connectivity index is 1.71. The molecule has 24 heavy (non-hydrogen) atoms. The van der Waals surface area contributed by atoms with Gasteiger partial charge in [-0.25, -0.2) is 0 Å². The first-order valence-corrected chi connectivity index (χ1v) is 7.73. The third-order valence-electron chi connectivity index (χ3n) is 4.13. The first-order chi connectivity index (χ1) is 11.6. The summed E-state index contributed by atoms with van der Waals surface area (Å²) in [6.07, 6.45) is 3.58. The summed E-state index contributed by atoms with van der Waals surface area (Å²) in [5.41, 5.74) is 2.71. The number of hydrogen-bond acceptors (Lipinski definition) is 4. The van der Waals surface area contributed by atoms with E-state index in [1.54, 1.807) is 24.5 Å². The molecule has 0 radical (unpaired) electrons. The molecule has 122 valence electrons. The lowest BCUT2D eigenvalue weighted by atomic mass is 10.2. The molecular formula is C17H15N3O4. The van der Waals surface area contributed by atoms with E-state index in [-0.39, 0.29) is 17.6 Å². The molecule has 0 spiro atoms. The van der Waals surface area contributed by atoms with Crippen LogP contribution in [0.15, 0.2) is 47.1 Å². The standard InChI is InChI=1S/C17H15N3O4/c21-17(18-12-4-5-12)15-9-16-14(6-7-24-16)19(15)10-11-2-1-3-13(8-11)20(22)23/h1-3,6-9,12H,4-5,10H2,(H,18,21). The number of hydrogen-bond donors (Lipinski definition) is 1. The minimum atomic E-state index is -0.423. The number of rotatable bonds is 5. The van der Waals surface area contributed by atoms with Gasteiger partial charge in [0.25, 0.3) is 11.6 Å². The van der Waals surface area contributed by atoms with Gasteiger partial charge in [-0.3, -0.25) is 14.9 Å². The molecule has 1 saturated carbocycles. The zero-order valence-corrected chi connectivity index (χ0v) is 12.8. The van der Waals surface area contributed by atoms with E-state index in [9.17, 15) is 14.9 Å². The molecule has 2 heterocycles. The minimum Gasteiger partial charge on any atom is -0.463 e. The third kappa shape index (κ3) is 2.64. The van der Waals surface area contributed by atoms with E-state index < -0.39 is 4.92 Å². The summed E-state index contributed by atoms with van der Waals surface area (Å²) in [5.74, 6) is -0.144. The normalized spacial score (nSPS) is 14.0. The van der Waals surface area contributed by atoms with Crippen LogP contribution in [-0.4, -0.2) is 21.4 Å². The first kappa shape index (κ1) is 14.5. The molecule has 4 rings (SSSR count). The summed E-state index contributed by atoms with van der Waals surface area (Å²) in [6.45, 7) is 0.359. The number of aromatic nitrogens is 1. The van der Waals surface area contributed by atoms with Crippen LogP contribution in [0.2, 0.25) is 0 Å². The van der Waals surface area contributed by atoms with Crippen molar-refractivity contribution in [2.24, 2.45) is 0 Å². The smallest absolute Gasteiger partial charge is 0.269 e. The molecule has 0 saturated heterocycles. The number of amides is 1. The van der Waals surface area contributed by atoms with Crippen molar-refractivity contribution < 1.29 is 14.1 Å². The van der Waals surface area contributed by atoms with Crippen LogP contribution in [0.5, 0.6) is 0 Å². The fourth-order valence-electron chi connectivity index (χ4n) is 2.77. The summed E-state index contributed by atoms with van der Waals surface area (Å²) in [5, 5.41) is 13.9. The molecule has 1 N–H and O–H groups in total. The lowest BCUT2D eigenvalue weighted by Crippen LogP contribution is -2.27. The van der Waals surface area contributed by atoms with Crippen molar-refractivity contribution in [2.75, 3.05) is 0 Å². The quantitative estimate of drug-likeness (QED) is 0.576. The predicted molar refractivity (Wildman–Crippen MR) is 86.9 cm³/mol. The number of furan rings is 1. The topological polar surface area (TPSA) is 90.3 Å². The third-order valence-corrected chi connectivity index (χ3v) is 4.13. The number of nitrogens with zero attached hydrogens (tertiary/aromatic N) is 2. The lowest BCUT2D eigenvalue weighted by molar-refractivity contribution is -0.384. The molecule has 0 aliphatic heterocycles. The van der Waals surface area contributed by atoms with Crippen molar-refractivity contribution in [3.8, 4) is 0 Å². The summed E-state index contributed by atoms with van der Waals surface area (Å²) >= 11 is 0. The monoisotopic (exact) mass is 325 g/mol. The number of non-ortho nitro benzene ring substituents is 1. The largest absolute Gasteiger partial charge is 0.463 e. The van der Waals surface area contributed by atoms with E-state index in [0.717, 1.165) is 23.9 Å². The van der Waals surface area contributed by atoms with E-state index in [2.05, 4.69) is 5.32 Å². The molecule has 3 aromatic rings. The fourth-order valence-corrected chi connectivity index (χ4v) is 2.77. The van der Waals surface area contributed by atoms with Gasteiger partial charge in [-0.15, -0.1) is 0 Å². The zero-order valence-electron chi connectivity index (χ0n) is 12.8. The Morgan fingerprint density at radius 3 is 2.92 bits per heavy atom. The van der Waals surface area contributed by atoms with Crippen LogP contribution in [0.4, 0.5) is 5.69 Å². The molecule has 1 aliphatic rings. The second kappa shape index (κ2) is 5.52. The van der Waals surface area contributed by atoms with E-state index >= 15 is 0 Å². The highest BCUT2D eigenvalue weighted by atomic mass is 16.6. The van der Waals surface area contributed by atoms with Crippen LogP contribution in [0.25, 0.3) is 11.1 Å². The highest BCUT2D eigenvalue weighted by molar-refractivity contribution is 5.97. The Bertz CT molecular complexity index is 936. The number of carbonyl (C=O) groups is 1. The first-order valence-electron chi connectivity index (χ1n) is 7.73. The molecule has 1 amide bonds. The van der Waals surface area contributed by atoms with Gasteiger partial charge in [0.15, 0.2) is 5.58 Å². The van der Waals surface area contributed by atoms with Crippen molar-refractivity contribution in [3.63, 3.8) is 0 Å². The number of nitro groups is 1. The van der Waals surface area contributed by atoms with Crippen LogP contribution in [0.1, 0.15) is 28.9 Å². The fraction of sp³-hybridized carbons (Fsp3) is 0.235. The number of fused-ring (bicyclic) bond motifs is 1. The van der Waals surface area contributed by atoms with Crippen LogP contribution >= 0.6 is 0 Å². The number of carbonyl (C=O) groups excluding carboxylic acids is 1. The van der Waals surface area contributed by atoms with Gasteiger partial charge in [-0.1, -0.05) is 12.1 Å². The van der Waals surface area contributed by atoms with Gasteiger partial charge in [0.2, 0.25) is 0 Å². The Kier molecular flexibility index (Phi) is 3.34. The maximum absolute atomic E-state index is 12.5. The van der Waals surface area contributed by atoms with Gasteiger partial charge in [-0.05, 0) is 18.4 Å². The van der Waals surface area contributed by atoms with Gasteiger partial charge in [0.1, 0.15) is 5.69 Å². The molecule has 7 nitrogen and oxygen atoms in total. The van der Waals surface area contributed by atoms with Gasteiger partial charge in [0, 0.05) is 36.9 Å². The molecular weight excluding hydrogens is 310 g/mol. The number of benzene rings is 1. The van der Waals surface area contributed by atoms with Crippen LogP contribution in [0.3, 0.4) is 0 Å². The molecule has 2 aromatic heterocycles. The van der Waals surface area contributed by atoms with Crippen molar-refractivity contribution in [2.45, 2.75) is 25.4 Å². The van der Waals surface area contributed by atoms with E-state index in [0.29, 0.717) is 17.8 Å². The van der Waals surface area contributed by atoms with Crippen molar-refractivity contribution >= 4 is 22.7 Å². The molecule has 1 fully saturated rings. The predicted octanol–water partition coefficient (Wildman–Crippen LogP) is 3.08. The molecule has 1 aromatic carbocycles. The average Bonchev–Trinajstić information content (AvgIpc) is 3.14. The van der Waals surface area contributed by atoms with E-state index in [4.69, 9.17) is 4.42 Å². The Labute approximate surface area is 137 Å². The lowest BCUT2D eigenvalue weighted by Gasteiger charge is -2.10. The molecule has 0 atom stereocenters. The SMILES string of the molecule is O=C(NC1CC1)c1cc2occc2n1Cc1cccc([N+](=O)[O-])c1. The maximum Gasteiger partial charge on any atom is 0.269 e. The van der Waals surface area contributed by atoms with Crippen molar-refractivity contribution in [1.29, 1.82) is 0 Å². The second-order valence-electron chi connectivity index (χ2n) is 5.96. The van der Waals surface area contributed by atoms with Crippen LogP contribution in [0, 0.1) is 10.1 Å². The summed E-state index contributed by atoms with van der Waals surface area (Å²) < 4.78 is 7.23.